The second kappa shape index (κ2) is 14.6. The molecule has 0 saturated heterocycles. The van der Waals surface area contributed by atoms with E-state index in [2.05, 4.69) is 183 Å². The molecule has 246 valence electrons. The Morgan fingerprint density at radius 3 is 0.857 bits per heavy atom. The van der Waals surface area contributed by atoms with E-state index in [-0.39, 0.29) is 0 Å². The van der Waals surface area contributed by atoms with Crippen LogP contribution in [0.3, 0.4) is 0 Å². The highest BCUT2D eigenvalue weighted by Crippen LogP contribution is 2.43. The van der Waals surface area contributed by atoms with E-state index in [4.69, 9.17) is 0 Å². The molecule has 6 aromatic rings. The molecule has 2 nitrogen and oxygen atoms in total. The van der Waals surface area contributed by atoms with Crippen molar-refractivity contribution in [3.05, 3.63) is 179 Å². The molecule has 0 aliphatic heterocycles. The van der Waals surface area contributed by atoms with Gasteiger partial charge in [0.25, 0.3) is 0 Å². The van der Waals surface area contributed by atoms with Crippen LogP contribution in [0.1, 0.15) is 71.4 Å². The Hall–Kier alpha value is -5.08. The fourth-order valence-electron chi connectivity index (χ4n) is 7.54. The summed E-state index contributed by atoms with van der Waals surface area (Å²) in [5, 5.41) is 0. The summed E-state index contributed by atoms with van der Waals surface area (Å²) in [4.78, 5) is 4.75. The SMILES string of the molecule is Cc1ccc(N(c2ccc(C)cc2)c2ccc(C(c3ccc(N(c4ccc(C)cc4)c4ccc(C)cc4)cc3)C3CCCCC3)cc2)cc1. The first-order chi connectivity index (χ1) is 23.9. The monoisotopic (exact) mass is 640 g/mol. The summed E-state index contributed by atoms with van der Waals surface area (Å²) in [6.45, 7) is 8.59. The number of benzene rings is 6. The molecular weight excluding hydrogens is 593 g/mol. The molecule has 1 aliphatic carbocycles. The maximum atomic E-state index is 2.39. The number of nitrogens with zero attached hydrogens (tertiary/aromatic N) is 2. The van der Waals surface area contributed by atoms with Crippen molar-refractivity contribution in [2.75, 3.05) is 9.80 Å². The number of aryl methyl sites for hydroxylation is 4. The van der Waals surface area contributed by atoms with Gasteiger partial charge in [0.05, 0.1) is 0 Å². The number of hydrogen-bond donors (Lipinski definition) is 0. The lowest BCUT2D eigenvalue weighted by atomic mass is 9.73. The molecule has 49 heavy (non-hydrogen) atoms. The molecule has 0 unspecified atom stereocenters. The zero-order valence-corrected chi connectivity index (χ0v) is 29.4. The lowest BCUT2D eigenvalue weighted by Crippen LogP contribution is -2.18. The maximum absolute atomic E-state index is 2.39. The van der Waals surface area contributed by atoms with Gasteiger partial charge in [-0.3, -0.25) is 0 Å². The quantitative estimate of drug-likeness (QED) is 0.155. The molecule has 0 aromatic heterocycles. The van der Waals surface area contributed by atoms with Crippen LogP contribution in [-0.4, -0.2) is 0 Å². The van der Waals surface area contributed by atoms with Crippen molar-refractivity contribution >= 4 is 34.1 Å². The van der Waals surface area contributed by atoms with Gasteiger partial charge >= 0.3 is 0 Å². The van der Waals surface area contributed by atoms with Crippen molar-refractivity contribution in [1.82, 2.24) is 0 Å². The van der Waals surface area contributed by atoms with Gasteiger partial charge in [0.2, 0.25) is 0 Å². The highest BCUT2D eigenvalue weighted by atomic mass is 15.1. The summed E-state index contributed by atoms with van der Waals surface area (Å²) < 4.78 is 0. The molecule has 1 aliphatic rings. The molecule has 0 heterocycles. The van der Waals surface area contributed by atoms with Crippen molar-refractivity contribution in [3.8, 4) is 0 Å². The van der Waals surface area contributed by atoms with Gasteiger partial charge in [-0.2, -0.15) is 0 Å². The third-order valence-corrected chi connectivity index (χ3v) is 10.3. The Morgan fingerprint density at radius 2 is 0.592 bits per heavy atom. The predicted molar refractivity (Wildman–Crippen MR) is 210 cm³/mol. The normalized spacial score (nSPS) is 13.4. The third kappa shape index (κ3) is 7.34. The summed E-state index contributed by atoms with van der Waals surface area (Å²) in [5.74, 6) is 1.00. The van der Waals surface area contributed by atoms with Gasteiger partial charge in [-0.1, -0.05) is 114 Å². The first-order valence-corrected chi connectivity index (χ1v) is 18.0. The van der Waals surface area contributed by atoms with Crippen LogP contribution in [0.2, 0.25) is 0 Å². The molecule has 0 atom stereocenters. The van der Waals surface area contributed by atoms with Gasteiger partial charge < -0.3 is 9.80 Å². The summed E-state index contributed by atoms with van der Waals surface area (Å²) >= 11 is 0. The van der Waals surface area contributed by atoms with Gasteiger partial charge in [-0.05, 0) is 130 Å². The van der Waals surface area contributed by atoms with Crippen molar-refractivity contribution in [2.24, 2.45) is 5.92 Å². The maximum Gasteiger partial charge on any atom is 0.0461 e. The van der Waals surface area contributed by atoms with E-state index in [0.717, 1.165) is 0 Å². The zero-order valence-electron chi connectivity index (χ0n) is 29.4. The molecule has 6 aromatic carbocycles. The Balaban J connectivity index is 1.24. The van der Waals surface area contributed by atoms with E-state index in [0.29, 0.717) is 11.8 Å². The van der Waals surface area contributed by atoms with Crippen molar-refractivity contribution in [3.63, 3.8) is 0 Å². The fourth-order valence-corrected chi connectivity index (χ4v) is 7.54. The summed E-state index contributed by atoms with van der Waals surface area (Å²) in [7, 11) is 0. The molecular formula is C47H48N2. The standard InChI is InChI=1S/C47H48N2/c1-34-10-22-41(23-11-34)48(42-24-12-35(2)13-25-42)45-30-18-39(19-31-45)47(38-8-6-5-7-9-38)40-20-32-46(33-21-40)49(43-26-14-36(3)15-27-43)44-28-16-37(4)17-29-44/h10-33,38,47H,5-9H2,1-4H3. The number of anilines is 6. The second-order valence-corrected chi connectivity index (χ2v) is 14.1. The fraction of sp³-hybridized carbons (Fsp3) is 0.234. The lowest BCUT2D eigenvalue weighted by molar-refractivity contribution is 0.327. The Bertz CT molecular complexity index is 1700. The highest BCUT2D eigenvalue weighted by molar-refractivity contribution is 5.78. The summed E-state index contributed by atoms with van der Waals surface area (Å²) in [5.41, 5.74) is 15.0. The average molecular weight is 641 g/mol. The van der Waals surface area contributed by atoms with Crippen LogP contribution in [0.15, 0.2) is 146 Å². The third-order valence-electron chi connectivity index (χ3n) is 10.3. The van der Waals surface area contributed by atoms with Gasteiger partial charge in [0.1, 0.15) is 0 Å². The molecule has 0 amide bonds. The first kappa shape index (κ1) is 32.5. The Kier molecular flexibility index (Phi) is 9.66. The molecule has 1 saturated carbocycles. The Labute approximate surface area is 293 Å². The summed E-state index contributed by atoms with van der Waals surface area (Å²) in [6, 6.07) is 54.3. The lowest BCUT2D eigenvalue weighted by Gasteiger charge is -2.32. The van der Waals surface area contributed by atoms with Gasteiger partial charge in [0.15, 0.2) is 0 Å². The average Bonchev–Trinajstić information content (AvgIpc) is 3.13. The summed E-state index contributed by atoms with van der Waals surface area (Å²) in [6.07, 6.45) is 6.56. The van der Waals surface area contributed by atoms with Crippen LogP contribution in [-0.2, 0) is 0 Å². The topological polar surface area (TPSA) is 6.48 Å². The molecule has 7 rings (SSSR count). The van der Waals surface area contributed by atoms with E-state index in [1.54, 1.807) is 0 Å². The molecule has 0 spiro atoms. The van der Waals surface area contributed by atoms with E-state index < -0.39 is 0 Å². The first-order valence-electron chi connectivity index (χ1n) is 18.0. The van der Waals surface area contributed by atoms with Crippen molar-refractivity contribution in [1.29, 1.82) is 0 Å². The molecule has 0 bridgehead atoms. The van der Waals surface area contributed by atoms with E-state index in [1.165, 1.54) is 99.6 Å². The van der Waals surface area contributed by atoms with E-state index >= 15 is 0 Å². The number of rotatable bonds is 9. The molecule has 1 fully saturated rings. The minimum atomic E-state index is 0.364. The van der Waals surface area contributed by atoms with E-state index in [9.17, 15) is 0 Å². The smallest absolute Gasteiger partial charge is 0.0461 e. The second-order valence-electron chi connectivity index (χ2n) is 14.1. The van der Waals surface area contributed by atoms with Crippen LogP contribution < -0.4 is 9.80 Å². The number of hydrogen-bond acceptors (Lipinski definition) is 2. The van der Waals surface area contributed by atoms with Gasteiger partial charge in [-0.15, -0.1) is 0 Å². The molecule has 2 heteroatoms. The van der Waals surface area contributed by atoms with Gasteiger partial charge in [-0.25, -0.2) is 0 Å². The van der Waals surface area contributed by atoms with Crippen LogP contribution >= 0.6 is 0 Å². The molecule has 0 N–H and O–H groups in total. The minimum Gasteiger partial charge on any atom is -0.311 e. The van der Waals surface area contributed by atoms with Crippen molar-refractivity contribution in [2.45, 2.75) is 65.7 Å². The van der Waals surface area contributed by atoms with E-state index in [1.807, 2.05) is 0 Å². The van der Waals surface area contributed by atoms with Crippen molar-refractivity contribution < 1.29 is 0 Å². The van der Waals surface area contributed by atoms with Crippen LogP contribution in [0.25, 0.3) is 0 Å². The van der Waals surface area contributed by atoms with Crippen LogP contribution in [0.4, 0.5) is 34.1 Å². The largest absolute Gasteiger partial charge is 0.311 e. The van der Waals surface area contributed by atoms with Crippen LogP contribution in [0.5, 0.6) is 0 Å². The van der Waals surface area contributed by atoms with Crippen LogP contribution in [0, 0.1) is 33.6 Å². The zero-order chi connectivity index (χ0) is 33.7. The highest BCUT2D eigenvalue weighted by Gasteiger charge is 2.27. The molecule has 0 radical (unpaired) electrons. The Morgan fingerprint density at radius 1 is 0.347 bits per heavy atom. The minimum absolute atomic E-state index is 0.364. The predicted octanol–water partition coefficient (Wildman–Crippen LogP) is 13.6. The van der Waals surface area contributed by atoms with Gasteiger partial charge in [0, 0.05) is 40.0 Å².